The second kappa shape index (κ2) is 4.19. The van der Waals surface area contributed by atoms with E-state index in [4.69, 9.17) is 5.73 Å². The van der Waals surface area contributed by atoms with E-state index in [-0.39, 0.29) is 11.4 Å². The summed E-state index contributed by atoms with van der Waals surface area (Å²) >= 11 is 1.13. The highest BCUT2D eigenvalue weighted by Gasteiger charge is 2.15. The van der Waals surface area contributed by atoms with Crippen LogP contribution < -0.4 is 11.1 Å². The molecule has 0 saturated carbocycles. The van der Waals surface area contributed by atoms with Gasteiger partial charge in [0.15, 0.2) is 11.6 Å². The molecular weight excluding hydrogens is 233 g/mol. The van der Waals surface area contributed by atoms with Gasteiger partial charge >= 0.3 is 0 Å². The summed E-state index contributed by atoms with van der Waals surface area (Å²) in [5, 5.41) is 9.81. The Kier molecular flexibility index (Phi) is 2.73. The molecule has 0 unspecified atom stereocenters. The summed E-state index contributed by atoms with van der Waals surface area (Å²) < 4.78 is 13.4. The van der Waals surface area contributed by atoms with Crippen molar-refractivity contribution < 1.29 is 9.18 Å². The Morgan fingerprint density at radius 1 is 1.56 bits per heavy atom. The molecule has 0 aromatic carbocycles. The summed E-state index contributed by atoms with van der Waals surface area (Å²) in [6.07, 6.45) is 1.26. The molecule has 0 atom stereocenters. The van der Waals surface area contributed by atoms with Crippen LogP contribution in [0.3, 0.4) is 0 Å². The molecule has 0 aliphatic heterocycles. The number of hydrogen-bond acceptors (Lipinski definition) is 6. The van der Waals surface area contributed by atoms with Crippen molar-refractivity contribution in [2.75, 3.05) is 11.1 Å². The monoisotopic (exact) mass is 239 g/mol. The number of nitrogens with two attached hydrogens (primary N) is 1. The van der Waals surface area contributed by atoms with Gasteiger partial charge in [0.2, 0.25) is 5.13 Å². The van der Waals surface area contributed by atoms with E-state index in [2.05, 4.69) is 20.5 Å². The SMILES string of the molecule is Nc1nccc(C(=O)Nc2nncs2)c1F. The lowest BCUT2D eigenvalue weighted by Crippen LogP contribution is -2.15. The van der Waals surface area contributed by atoms with Gasteiger partial charge in [-0.05, 0) is 6.07 Å². The van der Waals surface area contributed by atoms with E-state index in [9.17, 15) is 9.18 Å². The van der Waals surface area contributed by atoms with Gasteiger partial charge in [0, 0.05) is 6.20 Å². The maximum atomic E-state index is 13.4. The molecule has 2 aromatic rings. The molecule has 0 fully saturated rings. The number of anilines is 2. The van der Waals surface area contributed by atoms with E-state index >= 15 is 0 Å². The van der Waals surface area contributed by atoms with Gasteiger partial charge in [-0.25, -0.2) is 9.37 Å². The van der Waals surface area contributed by atoms with Gasteiger partial charge in [-0.2, -0.15) is 0 Å². The fourth-order valence-electron chi connectivity index (χ4n) is 1.03. The highest BCUT2D eigenvalue weighted by Crippen LogP contribution is 2.15. The molecule has 0 radical (unpaired) electrons. The molecule has 1 amide bonds. The Hall–Kier alpha value is -2.09. The Morgan fingerprint density at radius 2 is 2.38 bits per heavy atom. The fraction of sp³-hybridized carbons (Fsp3) is 0. The van der Waals surface area contributed by atoms with E-state index in [0.717, 1.165) is 11.3 Å². The molecule has 6 nitrogen and oxygen atoms in total. The van der Waals surface area contributed by atoms with Crippen LogP contribution >= 0.6 is 11.3 Å². The third kappa shape index (κ3) is 1.96. The average Bonchev–Trinajstić information content (AvgIpc) is 2.74. The van der Waals surface area contributed by atoms with Crippen molar-refractivity contribution in [3.05, 3.63) is 29.2 Å². The second-order valence-corrected chi connectivity index (χ2v) is 3.59. The first kappa shape index (κ1) is 10.4. The van der Waals surface area contributed by atoms with Crippen LogP contribution in [0, 0.1) is 5.82 Å². The lowest BCUT2D eigenvalue weighted by atomic mass is 10.2. The van der Waals surface area contributed by atoms with Gasteiger partial charge in [-0.1, -0.05) is 11.3 Å². The number of hydrogen-bond donors (Lipinski definition) is 2. The highest BCUT2D eigenvalue weighted by atomic mass is 32.1. The number of amides is 1. The minimum Gasteiger partial charge on any atom is -0.381 e. The number of nitrogen functional groups attached to an aromatic ring is 1. The van der Waals surface area contributed by atoms with Crippen molar-refractivity contribution in [1.29, 1.82) is 0 Å². The Balaban J connectivity index is 2.24. The lowest BCUT2D eigenvalue weighted by Gasteiger charge is -2.03. The summed E-state index contributed by atoms with van der Waals surface area (Å²) in [7, 11) is 0. The number of nitrogens with one attached hydrogen (secondary N) is 1. The highest BCUT2D eigenvalue weighted by molar-refractivity contribution is 7.13. The van der Waals surface area contributed by atoms with Crippen LogP contribution in [0.2, 0.25) is 0 Å². The zero-order valence-corrected chi connectivity index (χ0v) is 8.66. The van der Waals surface area contributed by atoms with E-state index in [1.54, 1.807) is 0 Å². The normalized spacial score (nSPS) is 10.1. The third-order valence-electron chi connectivity index (χ3n) is 1.74. The Bertz CT molecular complexity index is 515. The van der Waals surface area contributed by atoms with Crippen molar-refractivity contribution in [2.24, 2.45) is 0 Å². The predicted octanol–water partition coefficient (Wildman–Crippen LogP) is 0.907. The number of nitrogens with zero attached hydrogens (tertiary/aromatic N) is 3. The third-order valence-corrected chi connectivity index (χ3v) is 2.35. The molecule has 0 aliphatic carbocycles. The summed E-state index contributed by atoms with van der Waals surface area (Å²) in [4.78, 5) is 15.1. The van der Waals surface area contributed by atoms with Crippen LogP contribution in [-0.2, 0) is 0 Å². The van der Waals surface area contributed by atoms with Gasteiger partial charge in [0.25, 0.3) is 5.91 Å². The number of halogens is 1. The van der Waals surface area contributed by atoms with Crippen LogP contribution in [0.25, 0.3) is 0 Å². The van der Waals surface area contributed by atoms with Crippen LogP contribution in [0.5, 0.6) is 0 Å². The van der Waals surface area contributed by atoms with E-state index in [1.165, 1.54) is 17.8 Å². The van der Waals surface area contributed by atoms with Gasteiger partial charge in [-0.15, -0.1) is 10.2 Å². The summed E-state index contributed by atoms with van der Waals surface area (Å²) in [6, 6.07) is 1.24. The second-order valence-electron chi connectivity index (χ2n) is 2.76. The first-order valence-corrected chi connectivity index (χ1v) is 5.04. The number of carbonyl (C=O) groups is 1. The van der Waals surface area contributed by atoms with Crippen molar-refractivity contribution in [3.63, 3.8) is 0 Å². The first-order valence-electron chi connectivity index (χ1n) is 4.16. The molecule has 82 valence electrons. The van der Waals surface area contributed by atoms with Crippen LogP contribution in [0.15, 0.2) is 17.8 Å². The summed E-state index contributed by atoms with van der Waals surface area (Å²) in [5.74, 6) is -1.79. The van der Waals surface area contributed by atoms with Crippen LogP contribution in [0.1, 0.15) is 10.4 Å². The molecule has 8 heteroatoms. The maximum absolute atomic E-state index is 13.4. The molecule has 0 spiro atoms. The topological polar surface area (TPSA) is 93.8 Å². The lowest BCUT2D eigenvalue weighted by molar-refractivity contribution is 0.102. The molecule has 2 heterocycles. The molecule has 0 aliphatic rings. The molecule has 2 rings (SSSR count). The summed E-state index contributed by atoms with van der Waals surface area (Å²) in [5.41, 5.74) is 6.51. The van der Waals surface area contributed by atoms with Crippen molar-refractivity contribution in [3.8, 4) is 0 Å². The number of aromatic nitrogens is 3. The van der Waals surface area contributed by atoms with E-state index in [0.29, 0.717) is 5.13 Å². The molecule has 0 saturated heterocycles. The smallest absolute Gasteiger partial charge is 0.260 e. The van der Waals surface area contributed by atoms with Crippen LogP contribution in [-0.4, -0.2) is 21.1 Å². The Labute approximate surface area is 93.3 Å². The number of rotatable bonds is 2. The minimum atomic E-state index is -0.843. The summed E-state index contributed by atoms with van der Waals surface area (Å²) in [6.45, 7) is 0. The quantitative estimate of drug-likeness (QED) is 0.812. The minimum absolute atomic E-state index is 0.178. The van der Waals surface area contributed by atoms with Crippen molar-refractivity contribution in [2.45, 2.75) is 0 Å². The Morgan fingerprint density at radius 3 is 3.06 bits per heavy atom. The van der Waals surface area contributed by atoms with Crippen molar-refractivity contribution in [1.82, 2.24) is 15.2 Å². The predicted molar refractivity (Wildman–Crippen MR) is 56.5 cm³/mol. The van der Waals surface area contributed by atoms with Gasteiger partial charge < -0.3 is 5.73 Å². The molecule has 0 bridgehead atoms. The van der Waals surface area contributed by atoms with Gasteiger partial charge in [0.05, 0.1) is 5.56 Å². The molecule has 3 N–H and O–H groups in total. The van der Waals surface area contributed by atoms with Crippen LogP contribution in [0.4, 0.5) is 15.3 Å². The zero-order valence-electron chi connectivity index (χ0n) is 7.85. The largest absolute Gasteiger partial charge is 0.381 e. The first-order chi connectivity index (χ1) is 7.68. The van der Waals surface area contributed by atoms with Gasteiger partial charge in [-0.3, -0.25) is 10.1 Å². The molecule has 16 heavy (non-hydrogen) atoms. The zero-order chi connectivity index (χ0) is 11.5. The number of carbonyl (C=O) groups excluding carboxylic acids is 1. The van der Waals surface area contributed by atoms with Crippen molar-refractivity contribution >= 4 is 28.2 Å². The average molecular weight is 239 g/mol. The maximum Gasteiger partial charge on any atom is 0.260 e. The standard InChI is InChI=1S/C8H6FN5OS/c9-5-4(1-2-11-6(5)10)7(15)13-8-14-12-3-16-8/h1-3H,(H2,10,11)(H,13,14,15). The van der Waals surface area contributed by atoms with Gasteiger partial charge in [0.1, 0.15) is 5.51 Å². The van der Waals surface area contributed by atoms with E-state index in [1.807, 2.05) is 0 Å². The molecular formula is C8H6FN5OS. The fourth-order valence-corrected chi connectivity index (χ4v) is 1.47. The van der Waals surface area contributed by atoms with E-state index < -0.39 is 11.7 Å². The number of pyridine rings is 1. The molecule has 2 aromatic heterocycles.